The monoisotopic (exact) mass is 221 g/mol. The summed E-state index contributed by atoms with van der Waals surface area (Å²) in [7, 11) is 0. The molecule has 5 atom stereocenters. The molecule has 0 spiro atoms. The fourth-order valence-electron chi connectivity index (χ4n) is 4.96. The Bertz CT molecular complexity index is 234. The molecule has 2 bridgehead atoms. The van der Waals surface area contributed by atoms with Crippen molar-refractivity contribution in [2.24, 2.45) is 35.3 Å². The van der Waals surface area contributed by atoms with Gasteiger partial charge in [0.1, 0.15) is 0 Å². The molecule has 0 aromatic heterocycles. The minimum atomic E-state index is 0.551. The van der Waals surface area contributed by atoms with E-state index in [1.807, 2.05) is 0 Å². The predicted octanol–water partition coefficient (Wildman–Crippen LogP) is 3.58. The first kappa shape index (κ1) is 11.1. The molecule has 2 N–H and O–H groups in total. The van der Waals surface area contributed by atoms with Gasteiger partial charge in [0.2, 0.25) is 0 Å². The highest BCUT2D eigenvalue weighted by Crippen LogP contribution is 2.70. The summed E-state index contributed by atoms with van der Waals surface area (Å²) in [5.74, 6) is 5.32. The van der Waals surface area contributed by atoms with E-state index >= 15 is 0 Å². The molecule has 0 aromatic carbocycles. The van der Waals surface area contributed by atoms with Gasteiger partial charge in [0.15, 0.2) is 0 Å². The number of fused-ring (bicyclic) bond motifs is 5. The summed E-state index contributed by atoms with van der Waals surface area (Å²) in [6, 6.07) is 0.551. The van der Waals surface area contributed by atoms with E-state index in [4.69, 9.17) is 5.73 Å². The van der Waals surface area contributed by atoms with E-state index in [9.17, 15) is 0 Å². The zero-order valence-electron chi connectivity index (χ0n) is 10.7. The summed E-state index contributed by atoms with van der Waals surface area (Å²) in [5.41, 5.74) is 6.40. The molecule has 1 nitrogen and oxygen atoms in total. The summed E-state index contributed by atoms with van der Waals surface area (Å²) in [4.78, 5) is 0. The Morgan fingerprint density at radius 1 is 1.06 bits per heavy atom. The Kier molecular flexibility index (Phi) is 2.99. The van der Waals surface area contributed by atoms with Gasteiger partial charge in [0, 0.05) is 6.04 Å². The molecule has 16 heavy (non-hydrogen) atoms. The second-order valence-electron chi connectivity index (χ2n) is 6.58. The van der Waals surface area contributed by atoms with Gasteiger partial charge >= 0.3 is 0 Å². The Hall–Kier alpha value is -0.0400. The van der Waals surface area contributed by atoms with Crippen molar-refractivity contribution in [3.63, 3.8) is 0 Å². The van der Waals surface area contributed by atoms with E-state index in [1.54, 1.807) is 6.42 Å². The van der Waals surface area contributed by atoms with Crippen LogP contribution in [0.25, 0.3) is 0 Å². The fourth-order valence-corrected chi connectivity index (χ4v) is 4.96. The average Bonchev–Trinajstić information content (AvgIpc) is 2.74. The van der Waals surface area contributed by atoms with E-state index in [1.165, 1.54) is 44.9 Å². The Morgan fingerprint density at radius 3 is 2.38 bits per heavy atom. The highest BCUT2D eigenvalue weighted by Gasteiger charge is 2.65. The first-order valence-electron chi connectivity index (χ1n) is 7.58. The third kappa shape index (κ3) is 1.72. The molecule has 0 aromatic rings. The number of unbranched alkanes of at least 4 members (excludes halogenated alkanes) is 3. The summed E-state index contributed by atoms with van der Waals surface area (Å²) >= 11 is 0. The largest absolute Gasteiger partial charge is 0.327 e. The van der Waals surface area contributed by atoms with Crippen LogP contribution in [0.4, 0.5) is 0 Å². The molecule has 0 radical (unpaired) electrons. The van der Waals surface area contributed by atoms with E-state index in [0.29, 0.717) is 6.04 Å². The average molecular weight is 221 g/mol. The summed E-state index contributed by atoms with van der Waals surface area (Å²) in [6.45, 7) is 2.28. The van der Waals surface area contributed by atoms with Crippen molar-refractivity contribution >= 4 is 0 Å². The van der Waals surface area contributed by atoms with Crippen LogP contribution in [-0.2, 0) is 0 Å². The van der Waals surface area contributed by atoms with Gasteiger partial charge in [-0.25, -0.2) is 0 Å². The van der Waals surface area contributed by atoms with Gasteiger partial charge in [-0.05, 0) is 55.3 Å². The SMILES string of the molecule is CCCCCCC(N)C1C2C3CCC(C3)C12. The van der Waals surface area contributed by atoms with Crippen molar-refractivity contribution in [1.29, 1.82) is 0 Å². The molecular weight excluding hydrogens is 194 g/mol. The van der Waals surface area contributed by atoms with E-state index in [0.717, 1.165) is 29.6 Å². The molecular formula is C15H27N. The van der Waals surface area contributed by atoms with Gasteiger partial charge in [0.05, 0.1) is 0 Å². The van der Waals surface area contributed by atoms with E-state index in [2.05, 4.69) is 6.92 Å². The van der Waals surface area contributed by atoms with Gasteiger partial charge in [-0.1, -0.05) is 32.6 Å². The molecule has 5 unspecified atom stereocenters. The lowest BCUT2D eigenvalue weighted by atomic mass is 9.94. The number of hydrogen-bond donors (Lipinski definition) is 1. The van der Waals surface area contributed by atoms with Crippen LogP contribution in [0.2, 0.25) is 0 Å². The fraction of sp³-hybridized carbons (Fsp3) is 1.00. The van der Waals surface area contributed by atoms with Crippen molar-refractivity contribution in [2.45, 2.75) is 64.3 Å². The van der Waals surface area contributed by atoms with Crippen molar-refractivity contribution in [1.82, 2.24) is 0 Å². The highest BCUT2D eigenvalue weighted by molar-refractivity contribution is 5.15. The van der Waals surface area contributed by atoms with Crippen molar-refractivity contribution < 1.29 is 0 Å². The standard InChI is InChI=1S/C15H27N/c1-2-3-4-5-6-12(16)15-13-10-7-8-11(9-10)14(13)15/h10-15H,2-9,16H2,1H3. The lowest BCUT2D eigenvalue weighted by Crippen LogP contribution is -2.26. The minimum absolute atomic E-state index is 0.551. The van der Waals surface area contributed by atoms with E-state index < -0.39 is 0 Å². The molecule has 3 aliphatic rings. The predicted molar refractivity (Wildman–Crippen MR) is 68.0 cm³/mol. The maximum absolute atomic E-state index is 6.40. The molecule has 0 heterocycles. The Morgan fingerprint density at radius 2 is 1.75 bits per heavy atom. The van der Waals surface area contributed by atoms with Gasteiger partial charge in [-0.15, -0.1) is 0 Å². The second-order valence-corrected chi connectivity index (χ2v) is 6.58. The smallest absolute Gasteiger partial charge is 0.00728 e. The molecule has 3 fully saturated rings. The molecule has 92 valence electrons. The lowest BCUT2D eigenvalue weighted by Gasteiger charge is -2.15. The third-order valence-corrected chi connectivity index (χ3v) is 5.68. The number of nitrogens with two attached hydrogens (primary N) is 1. The van der Waals surface area contributed by atoms with E-state index in [-0.39, 0.29) is 0 Å². The normalized spacial score (nSPS) is 45.8. The molecule has 1 heteroatoms. The van der Waals surface area contributed by atoms with Crippen LogP contribution in [0, 0.1) is 29.6 Å². The maximum Gasteiger partial charge on any atom is 0.00728 e. The van der Waals surface area contributed by atoms with Crippen molar-refractivity contribution in [3.8, 4) is 0 Å². The van der Waals surface area contributed by atoms with Crippen LogP contribution in [0.3, 0.4) is 0 Å². The number of rotatable bonds is 6. The lowest BCUT2D eigenvalue weighted by molar-refractivity contribution is 0.389. The van der Waals surface area contributed by atoms with Crippen LogP contribution in [-0.4, -0.2) is 6.04 Å². The molecule has 3 rings (SSSR count). The molecule has 3 aliphatic carbocycles. The first-order valence-corrected chi connectivity index (χ1v) is 7.58. The summed E-state index contributed by atoms with van der Waals surface area (Å²) in [5, 5.41) is 0. The Labute approximate surface area is 100 Å². The minimum Gasteiger partial charge on any atom is -0.327 e. The van der Waals surface area contributed by atoms with Crippen LogP contribution in [0.1, 0.15) is 58.3 Å². The molecule has 0 amide bonds. The molecule has 0 saturated heterocycles. The van der Waals surface area contributed by atoms with Gasteiger partial charge in [-0.3, -0.25) is 0 Å². The topological polar surface area (TPSA) is 26.0 Å². The number of hydrogen-bond acceptors (Lipinski definition) is 1. The zero-order chi connectivity index (χ0) is 11.1. The summed E-state index contributed by atoms with van der Waals surface area (Å²) < 4.78 is 0. The van der Waals surface area contributed by atoms with Gasteiger partial charge < -0.3 is 5.73 Å². The third-order valence-electron chi connectivity index (χ3n) is 5.68. The zero-order valence-corrected chi connectivity index (χ0v) is 10.7. The summed E-state index contributed by atoms with van der Waals surface area (Å²) in [6.07, 6.45) is 11.4. The highest BCUT2D eigenvalue weighted by atomic mass is 14.8. The Balaban J connectivity index is 1.42. The van der Waals surface area contributed by atoms with Crippen LogP contribution >= 0.6 is 0 Å². The molecule has 3 saturated carbocycles. The van der Waals surface area contributed by atoms with Crippen LogP contribution < -0.4 is 5.73 Å². The van der Waals surface area contributed by atoms with Crippen molar-refractivity contribution in [3.05, 3.63) is 0 Å². The first-order chi connectivity index (χ1) is 7.83. The van der Waals surface area contributed by atoms with Crippen molar-refractivity contribution in [2.75, 3.05) is 0 Å². The second kappa shape index (κ2) is 4.33. The van der Waals surface area contributed by atoms with Crippen LogP contribution in [0.5, 0.6) is 0 Å². The van der Waals surface area contributed by atoms with Crippen LogP contribution in [0.15, 0.2) is 0 Å². The maximum atomic E-state index is 6.40. The molecule has 0 aliphatic heterocycles. The van der Waals surface area contributed by atoms with Gasteiger partial charge in [0.25, 0.3) is 0 Å². The van der Waals surface area contributed by atoms with Gasteiger partial charge in [-0.2, -0.15) is 0 Å². The quantitative estimate of drug-likeness (QED) is 0.682.